The number of nitrogens with zero attached hydrogens (tertiary/aromatic N) is 3. The van der Waals surface area contributed by atoms with E-state index in [1.165, 1.54) is 16.9 Å². The first-order valence-corrected chi connectivity index (χ1v) is 12.4. The van der Waals surface area contributed by atoms with Crippen molar-refractivity contribution in [3.05, 3.63) is 90.3 Å². The molecule has 0 saturated carbocycles. The summed E-state index contributed by atoms with van der Waals surface area (Å²) < 4.78 is 56.8. The number of primary sulfonamides is 1. The molecule has 1 heterocycles. The third-order valence-corrected chi connectivity index (χ3v) is 6.04. The van der Waals surface area contributed by atoms with Gasteiger partial charge in [0, 0.05) is 16.8 Å². The van der Waals surface area contributed by atoms with E-state index in [1.54, 1.807) is 66.7 Å². The van der Waals surface area contributed by atoms with Gasteiger partial charge >= 0.3 is 12.1 Å². The first kappa shape index (κ1) is 29.5. The van der Waals surface area contributed by atoms with Crippen molar-refractivity contribution in [2.45, 2.75) is 11.1 Å². The monoisotopic (exact) mass is 575 g/mol. The van der Waals surface area contributed by atoms with Crippen molar-refractivity contribution in [2.75, 3.05) is 5.32 Å². The molecule has 208 valence electrons. The van der Waals surface area contributed by atoms with Crippen LogP contribution >= 0.6 is 0 Å². The number of amides is 1. The Bertz CT molecular complexity index is 1670. The number of sulfonamides is 1. The smallest absolute Gasteiger partial charge is 0.475 e. The highest BCUT2D eigenvalue weighted by molar-refractivity contribution is 7.89. The van der Waals surface area contributed by atoms with Crippen LogP contribution in [-0.2, 0) is 14.8 Å². The van der Waals surface area contributed by atoms with Crippen molar-refractivity contribution in [3.8, 4) is 16.8 Å². The highest BCUT2D eigenvalue weighted by Gasteiger charge is 2.38. The second-order valence-corrected chi connectivity index (χ2v) is 9.40. The van der Waals surface area contributed by atoms with Gasteiger partial charge in [-0.2, -0.15) is 13.2 Å². The third-order valence-electron chi connectivity index (χ3n) is 5.07. The number of nitrogen functional groups attached to an aromatic ring is 1. The fourth-order valence-electron chi connectivity index (χ4n) is 3.27. The number of carbonyl (C=O) groups excluding carboxylic acids is 1. The molecule has 4 rings (SSSR count). The van der Waals surface area contributed by atoms with E-state index >= 15 is 0 Å². The number of aromatic nitrogens is 3. The summed E-state index contributed by atoms with van der Waals surface area (Å²) in [6.45, 7) is 0. The van der Waals surface area contributed by atoms with E-state index in [-0.39, 0.29) is 16.4 Å². The maximum absolute atomic E-state index is 12.9. The Morgan fingerprint density at radius 1 is 1.00 bits per heavy atom. The number of carboxylic acid groups (broad SMARTS) is 1. The predicted octanol–water partition coefficient (Wildman–Crippen LogP) is 2.75. The van der Waals surface area contributed by atoms with Gasteiger partial charge in [-0.1, -0.05) is 47.7 Å². The van der Waals surface area contributed by atoms with E-state index in [9.17, 15) is 26.4 Å². The van der Waals surface area contributed by atoms with Gasteiger partial charge in [-0.15, -0.1) is 5.10 Å². The molecule has 0 atom stereocenters. The Kier molecular flexibility index (Phi) is 8.65. The number of nitrogens with one attached hydrogen (secondary N) is 2. The first-order valence-electron chi connectivity index (χ1n) is 10.9. The third kappa shape index (κ3) is 7.27. The number of alkyl halides is 3. The molecule has 0 aliphatic carbocycles. The van der Waals surface area contributed by atoms with Crippen LogP contribution in [0, 0.1) is 5.41 Å². The summed E-state index contributed by atoms with van der Waals surface area (Å²) in [5, 5.41) is 30.6. The van der Waals surface area contributed by atoms with E-state index in [2.05, 4.69) is 15.6 Å². The molecule has 4 aromatic rings. The normalized spacial score (nSPS) is 11.2. The molecule has 0 unspecified atom stereocenters. The highest BCUT2D eigenvalue weighted by atomic mass is 32.2. The number of rotatable bonds is 6. The molecule has 0 aliphatic rings. The van der Waals surface area contributed by atoms with Crippen LogP contribution in [0.2, 0.25) is 0 Å². The van der Waals surface area contributed by atoms with Crippen LogP contribution in [0.4, 0.5) is 18.9 Å². The standard InChI is InChI=1S/C22H19N7O3S.C2HF3O2/c23-21(24)15-4-3-5-17(12-15)29-19(13-26-28-29)22(30)27-16-10-8-14(9-11-16)18-6-1-2-7-20(18)33(25,31)32;3-2(4,5)1(6)7/h1-13H,(H3,23,24)(H,27,30)(H2,25,31,32);(H,6,7). The zero-order chi connectivity index (χ0) is 29.7. The zero-order valence-corrected chi connectivity index (χ0v) is 20.9. The summed E-state index contributed by atoms with van der Waals surface area (Å²) in [7, 11) is -3.89. The van der Waals surface area contributed by atoms with Gasteiger partial charge in [0.15, 0.2) is 5.69 Å². The van der Waals surface area contributed by atoms with E-state index in [4.69, 9.17) is 26.2 Å². The molecular formula is C24H20F3N7O5S. The molecule has 40 heavy (non-hydrogen) atoms. The van der Waals surface area contributed by atoms with Gasteiger partial charge in [0.2, 0.25) is 10.0 Å². The van der Waals surface area contributed by atoms with Crippen LogP contribution in [-0.4, -0.2) is 52.4 Å². The summed E-state index contributed by atoms with van der Waals surface area (Å²) in [4.78, 5) is 21.8. The Morgan fingerprint density at radius 2 is 1.62 bits per heavy atom. The van der Waals surface area contributed by atoms with Crippen molar-refractivity contribution in [3.63, 3.8) is 0 Å². The van der Waals surface area contributed by atoms with Gasteiger partial charge in [-0.25, -0.2) is 23.0 Å². The van der Waals surface area contributed by atoms with Crippen molar-refractivity contribution in [1.82, 2.24) is 15.0 Å². The molecule has 0 spiro atoms. The van der Waals surface area contributed by atoms with Crippen molar-refractivity contribution >= 4 is 33.4 Å². The maximum atomic E-state index is 12.9. The van der Waals surface area contributed by atoms with Crippen molar-refractivity contribution in [1.29, 1.82) is 5.41 Å². The molecule has 1 aromatic heterocycles. The van der Waals surface area contributed by atoms with Crippen LogP contribution in [0.3, 0.4) is 0 Å². The van der Waals surface area contributed by atoms with Gasteiger partial charge in [-0.05, 0) is 35.9 Å². The molecule has 0 fully saturated rings. The van der Waals surface area contributed by atoms with Gasteiger partial charge < -0.3 is 16.2 Å². The quantitative estimate of drug-likeness (QED) is 0.170. The van der Waals surface area contributed by atoms with Crippen LogP contribution in [0.25, 0.3) is 16.8 Å². The molecule has 0 radical (unpaired) electrons. The first-order chi connectivity index (χ1) is 18.7. The lowest BCUT2D eigenvalue weighted by Crippen LogP contribution is -2.21. The summed E-state index contributed by atoms with van der Waals surface area (Å²) in [6, 6.07) is 19.8. The molecule has 1 amide bonds. The van der Waals surface area contributed by atoms with E-state index in [1.807, 2.05) is 0 Å². The average Bonchev–Trinajstić information content (AvgIpc) is 3.39. The van der Waals surface area contributed by atoms with Gasteiger partial charge in [0.25, 0.3) is 5.91 Å². The number of amidine groups is 1. The SMILES string of the molecule is N=C(N)c1cccc(-n2nncc2C(=O)Nc2ccc(-c3ccccc3S(N)(=O)=O)cc2)c1.O=C(O)C(F)(F)F. The summed E-state index contributed by atoms with van der Waals surface area (Å²) in [5.41, 5.74) is 8.32. The summed E-state index contributed by atoms with van der Waals surface area (Å²) in [6.07, 6.45) is -3.76. The van der Waals surface area contributed by atoms with Crippen LogP contribution < -0.4 is 16.2 Å². The molecule has 3 aromatic carbocycles. The minimum absolute atomic E-state index is 0.0181. The Morgan fingerprint density at radius 3 is 2.20 bits per heavy atom. The largest absolute Gasteiger partial charge is 0.490 e. The number of carboxylic acids is 1. The van der Waals surface area contributed by atoms with Gasteiger partial charge in [0.05, 0.1) is 16.8 Å². The van der Waals surface area contributed by atoms with Crippen LogP contribution in [0.5, 0.6) is 0 Å². The summed E-state index contributed by atoms with van der Waals surface area (Å²) in [5.74, 6) is -3.31. The van der Waals surface area contributed by atoms with Crippen molar-refractivity contribution in [2.24, 2.45) is 10.9 Å². The lowest BCUT2D eigenvalue weighted by atomic mass is 10.1. The molecule has 0 aliphatic heterocycles. The topological polar surface area (TPSA) is 207 Å². The second-order valence-electron chi connectivity index (χ2n) is 7.87. The predicted molar refractivity (Wildman–Crippen MR) is 137 cm³/mol. The van der Waals surface area contributed by atoms with Gasteiger partial charge in [-0.3, -0.25) is 10.2 Å². The summed E-state index contributed by atoms with van der Waals surface area (Å²) >= 11 is 0. The van der Waals surface area contributed by atoms with E-state index < -0.39 is 28.1 Å². The lowest BCUT2D eigenvalue weighted by Gasteiger charge is -2.10. The van der Waals surface area contributed by atoms with Crippen LogP contribution in [0.1, 0.15) is 16.1 Å². The number of nitrogens with two attached hydrogens (primary N) is 2. The van der Waals surface area contributed by atoms with Crippen LogP contribution in [0.15, 0.2) is 83.9 Å². The molecular weight excluding hydrogens is 555 g/mol. The minimum atomic E-state index is -5.08. The van der Waals surface area contributed by atoms with E-state index in [0.717, 1.165) is 0 Å². The number of aliphatic carboxylic acids is 1. The van der Waals surface area contributed by atoms with Gasteiger partial charge in [0.1, 0.15) is 5.84 Å². The highest BCUT2D eigenvalue weighted by Crippen LogP contribution is 2.27. The lowest BCUT2D eigenvalue weighted by molar-refractivity contribution is -0.192. The van der Waals surface area contributed by atoms with E-state index in [0.29, 0.717) is 28.1 Å². The Labute approximate surface area is 224 Å². The number of carbonyl (C=O) groups is 2. The molecule has 0 bridgehead atoms. The second kappa shape index (κ2) is 11.7. The van der Waals surface area contributed by atoms with Crippen molar-refractivity contribution < 1.29 is 36.3 Å². The zero-order valence-electron chi connectivity index (χ0n) is 20.1. The number of hydrogen-bond donors (Lipinski definition) is 5. The Balaban J connectivity index is 0.000000559. The number of halogens is 3. The Hall–Kier alpha value is -5.09. The molecule has 0 saturated heterocycles. The fourth-order valence-corrected chi connectivity index (χ4v) is 4.03. The minimum Gasteiger partial charge on any atom is -0.475 e. The fraction of sp³-hybridized carbons (Fsp3) is 0.0417. The number of anilines is 1. The number of hydrogen-bond acceptors (Lipinski definition) is 7. The number of benzene rings is 3. The average molecular weight is 576 g/mol. The molecule has 16 heteroatoms. The molecule has 7 N–H and O–H groups in total. The maximum Gasteiger partial charge on any atom is 0.490 e. The molecule has 12 nitrogen and oxygen atoms in total.